The lowest BCUT2D eigenvalue weighted by molar-refractivity contribution is 0.305. The molecule has 0 aliphatic rings. The molecule has 0 atom stereocenters. The SMILES string of the molecule is C=C[Si](C)(C)O[Si](C)(C)CC[Si](C)(N(CCCC)CCCC)N(CCCC)CCCC. The predicted octanol–water partition coefficient (Wildman–Crippen LogP) is 8.01. The summed E-state index contributed by atoms with van der Waals surface area (Å²) in [5, 5.41) is 0. The third-order valence-corrected chi connectivity index (χ3v) is 18.8. The average molecular weight is 487 g/mol. The summed E-state index contributed by atoms with van der Waals surface area (Å²) >= 11 is 0. The third-order valence-electron chi connectivity index (χ3n) is 6.72. The number of hydrogen-bond acceptors (Lipinski definition) is 3. The van der Waals surface area contributed by atoms with Crippen LogP contribution >= 0.6 is 0 Å². The second-order valence-corrected chi connectivity index (χ2v) is 23.4. The van der Waals surface area contributed by atoms with Gasteiger partial charge in [0.25, 0.3) is 0 Å². The number of rotatable bonds is 20. The van der Waals surface area contributed by atoms with Crippen molar-refractivity contribution in [1.82, 2.24) is 9.13 Å². The van der Waals surface area contributed by atoms with Gasteiger partial charge in [0.05, 0.1) is 0 Å². The summed E-state index contributed by atoms with van der Waals surface area (Å²) in [4.78, 5) is 0. The van der Waals surface area contributed by atoms with Gasteiger partial charge in [0.15, 0.2) is 16.6 Å². The van der Waals surface area contributed by atoms with Gasteiger partial charge in [-0.3, -0.25) is 0 Å². The Morgan fingerprint density at radius 1 is 0.645 bits per heavy atom. The van der Waals surface area contributed by atoms with Crippen molar-refractivity contribution in [3.05, 3.63) is 12.3 Å². The molecular formula is C25H58N2OSi3. The Bertz CT molecular complexity index is 436. The monoisotopic (exact) mass is 486 g/mol. The minimum absolute atomic E-state index is 1.28. The lowest BCUT2D eigenvalue weighted by atomic mass is 10.3. The summed E-state index contributed by atoms with van der Waals surface area (Å²) in [6.45, 7) is 30.8. The molecule has 0 saturated heterocycles. The molecule has 186 valence electrons. The van der Waals surface area contributed by atoms with E-state index in [1.165, 1.54) is 89.6 Å². The minimum Gasteiger partial charge on any atom is -0.453 e. The lowest BCUT2D eigenvalue weighted by Crippen LogP contribution is -2.65. The van der Waals surface area contributed by atoms with Crippen molar-refractivity contribution in [2.24, 2.45) is 0 Å². The summed E-state index contributed by atoms with van der Waals surface area (Å²) < 4.78 is 12.8. The van der Waals surface area contributed by atoms with Crippen LogP contribution in [0.5, 0.6) is 0 Å². The van der Waals surface area contributed by atoms with Crippen molar-refractivity contribution in [3.8, 4) is 0 Å². The van der Waals surface area contributed by atoms with Crippen LogP contribution in [0.25, 0.3) is 0 Å². The molecule has 0 bridgehead atoms. The molecule has 0 radical (unpaired) electrons. The van der Waals surface area contributed by atoms with Gasteiger partial charge in [-0.1, -0.05) is 59.1 Å². The molecule has 0 N–H and O–H groups in total. The van der Waals surface area contributed by atoms with E-state index >= 15 is 0 Å². The van der Waals surface area contributed by atoms with Crippen LogP contribution in [-0.2, 0) is 4.12 Å². The van der Waals surface area contributed by atoms with Gasteiger partial charge in [-0.2, -0.15) is 0 Å². The highest BCUT2D eigenvalue weighted by Gasteiger charge is 2.42. The molecule has 3 nitrogen and oxygen atoms in total. The topological polar surface area (TPSA) is 15.7 Å². The highest BCUT2D eigenvalue weighted by molar-refractivity contribution is 6.88. The Kier molecular flexibility index (Phi) is 16.1. The molecule has 0 aromatic rings. The van der Waals surface area contributed by atoms with E-state index in [4.69, 9.17) is 4.12 Å². The molecule has 0 aromatic carbocycles. The van der Waals surface area contributed by atoms with Crippen LogP contribution in [0.15, 0.2) is 12.3 Å². The van der Waals surface area contributed by atoms with Crippen molar-refractivity contribution in [1.29, 1.82) is 0 Å². The van der Waals surface area contributed by atoms with E-state index in [1.807, 2.05) is 0 Å². The second kappa shape index (κ2) is 16.0. The normalized spacial score (nSPS) is 13.4. The van der Waals surface area contributed by atoms with Crippen LogP contribution in [0, 0.1) is 0 Å². The summed E-state index contributed by atoms with van der Waals surface area (Å²) in [6.07, 6.45) is 10.5. The van der Waals surface area contributed by atoms with Crippen LogP contribution in [0.2, 0.25) is 44.8 Å². The van der Waals surface area contributed by atoms with Gasteiger partial charge in [-0.05, 0) is 96.7 Å². The number of hydrogen-bond donors (Lipinski definition) is 0. The maximum Gasteiger partial charge on any atom is 0.203 e. The van der Waals surface area contributed by atoms with E-state index in [0.717, 1.165) is 0 Å². The van der Waals surface area contributed by atoms with Crippen molar-refractivity contribution in [2.75, 3.05) is 26.2 Å². The first-order valence-electron chi connectivity index (χ1n) is 13.4. The van der Waals surface area contributed by atoms with E-state index in [2.05, 4.69) is 81.8 Å². The number of unbranched alkanes of at least 4 members (excludes halogenated alkanes) is 4. The van der Waals surface area contributed by atoms with Gasteiger partial charge in [0.2, 0.25) is 8.40 Å². The zero-order valence-corrected chi connectivity index (χ0v) is 26.0. The van der Waals surface area contributed by atoms with E-state index < -0.39 is 25.0 Å². The molecule has 0 amide bonds. The quantitative estimate of drug-likeness (QED) is 0.162. The van der Waals surface area contributed by atoms with Crippen LogP contribution in [0.4, 0.5) is 0 Å². The fourth-order valence-electron chi connectivity index (χ4n) is 4.44. The Hall–Kier alpha value is 0.271. The molecule has 0 unspecified atom stereocenters. The minimum atomic E-state index is -1.74. The first kappa shape index (κ1) is 31.3. The van der Waals surface area contributed by atoms with E-state index in [9.17, 15) is 0 Å². The Morgan fingerprint density at radius 2 is 1.00 bits per heavy atom. The average Bonchev–Trinajstić information content (AvgIpc) is 2.71. The van der Waals surface area contributed by atoms with E-state index in [0.29, 0.717) is 0 Å². The zero-order valence-electron chi connectivity index (χ0n) is 23.0. The summed E-state index contributed by atoms with van der Waals surface area (Å²) in [5.41, 5.74) is 2.11. The van der Waals surface area contributed by atoms with Gasteiger partial charge >= 0.3 is 0 Å². The molecule has 0 aromatic heterocycles. The molecule has 0 fully saturated rings. The van der Waals surface area contributed by atoms with Crippen molar-refractivity contribution < 1.29 is 4.12 Å². The number of nitrogens with zero attached hydrogens (tertiary/aromatic N) is 2. The second-order valence-electron chi connectivity index (χ2n) is 10.8. The van der Waals surface area contributed by atoms with Gasteiger partial charge < -0.3 is 13.2 Å². The van der Waals surface area contributed by atoms with E-state index in [-0.39, 0.29) is 0 Å². The van der Waals surface area contributed by atoms with Gasteiger partial charge in [-0.25, -0.2) is 0 Å². The third kappa shape index (κ3) is 12.3. The molecule has 0 aliphatic carbocycles. The summed E-state index contributed by atoms with van der Waals surface area (Å²) in [5.74, 6) is 0. The molecule has 0 aliphatic heterocycles. The van der Waals surface area contributed by atoms with Gasteiger partial charge in [-0.15, -0.1) is 6.58 Å². The Labute approximate surface area is 200 Å². The van der Waals surface area contributed by atoms with Crippen molar-refractivity contribution in [3.63, 3.8) is 0 Å². The maximum atomic E-state index is 6.80. The summed E-state index contributed by atoms with van der Waals surface area (Å²) in [6, 6.07) is 2.64. The molecule has 0 heterocycles. The zero-order chi connectivity index (χ0) is 24.0. The van der Waals surface area contributed by atoms with Crippen LogP contribution in [0.1, 0.15) is 79.1 Å². The van der Waals surface area contributed by atoms with Crippen LogP contribution in [-0.4, -0.2) is 60.3 Å². The Morgan fingerprint density at radius 3 is 1.29 bits per heavy atom. The maximum absolute atomic E-state index is 6.80. The van der Waals surface area contributed by atoms with E-state index in [1.54, 1.807) is 0 Å². The molecule has 0 spiro atoms. The molecule has 6 heteroatoms. The predicted molar refractivity (Wildman–Crippen MR) is 150 cm³/mol. The lowest BCUT2D eigenvalue weighted by Gasteiger charge is -2.49. The molecule has 0 saturated carbocycles. The smallest absolute Gasteiger partial charge is 0.203 e. The fourth-order valence-corrected chi connectivity index (χ4v) is 18.8. The molecular weight excluding hydrogens is 429 g/mol. The highest BCUT2D eigenvalue weighted by atomic mass is 28.4. The molecule has 31 heavy (non-hydrogen) atoms. The fraction of sp³-hybridized carbons (Fsp3) is 0.920. The van der Waals surface area contributed by atoms with Gasteiger partial charge in [0.1, 0.15) is 0 Å². The Balaban J connectivity index is 5.84. The van der Waals surface area contributed by atoms with Crippen LogP contribution < -0.4 is 0 Å². The van der Waals surface area contributed by atoms with Crippen molar-refractivity contribution in [2.45, 2.75) is 124 Å². The van der Waals surface area contributed by atoms with Gasteiger partial charge in [0, 0.05) is 0 Å². The first-order valence-corrected chi connectivity index (χ1v) is 22.1. The van der Waals surface area contributed by atoms with Crippen molar-refractivity contribution >= 4 is 25.0 Å². The highest BCUT2D eigenvalue weighted by Crippen LogP contribution is 2.30. The molecule has 0 rings (SSSR count). The standard InChI is InChI=1S/C25H58N2OSi3/c1-11-16-20-26(21-17-12-2)31(10,27(22-18-13-3)23-19-14-4)25-24-30(8,9)28-29(6,7)15-5/h15H,5,11-14,16-25H2,1-4,6-10H3. The van der Waals surface area contributed by atoms with Crippen LogP contribution in [0.3, 0.4) is 0 Å². The summed E-state index contributed by atoms with van der Waals surface area (Å²) in [7, 11) is -5.19. The largest absolute Gasteiger partial charge is 0.453 e. The first-order chi connectivity index (χ1) is 14.5.